The molecule has 4 N–H and O–H groups in total. The molecule has 0 rings (SSSR count). The summed E-state index contributed by atoms with van der Waals surface area (Å²) in [5.41, 5.74) is 5.38. The summed E-state index contributed by atoms with van der Waals surface area (Å²) in [7, 11) is 0. The predicted molar refractivity (Wildman–Crippen MR) is 82.1 cm³/mol. The molecule has 0 aliphatic heterocycles. The second-order valence-corrected chi connectivity index (χ2v) is 5.14. The van der Waals surface area contributed by atoms with Crippen LogP contribution in [0.2, 0.25) is 0 Å². The summed E-state index contributed by atoms with van der Waals surface area (Å²) in [4.78, 5) is 12.0. The SMILES string of the molecule is CCCCCCCC(CC)C(=O)NCCNCCN. The van der Waals surface area contributed by atoms with Gasteiger partial charge in [-0.1, -0.05) is 46.0 Å². The van der Waals surface area contributed by atoms with E-state index in [1.54, 1.807) is 0 Å². The van der Waals surface area contributed by atoms with Crippen molar-refractivity contribution in [1.29, 1.82) is 0 Å². The first kappa shape index (κ1) is 18.4. The molecule has 0 radical (unpaired) electrons. The quantitative estimate of drug-likeness (QED) is 0.449. The van der Waals surface area contributed by atoms with Crippen molar-refractivity contribution < 1.29 is 4.79 Å². The number of nitrogens with two attached hydrogens (primary N) is 1. The predicted octanol–water partition coefficient (Wildman–Crippen LogP) is 2.04. The van der Waals surface area contributed by atoms with Crippen LogP contribution in [0.25, 0.3) is 0 Å². The van der Waals surface area contributed by atoms with Crippen molar-refractivity contribution in [3.05, 3.63) is 0 Å². The summed E-state index contributed by atoms with van der Waals surface area (Å²) in [6, 6.07) is 0. The van der Waals surface area contributed by atoms with E-state index in [9.17, 15) is 4.79 Å². The third-order valence-corrected chi connectivity index (χ3v) is 3.44. The Balaban J connectivity index is 3.60. The summed E-state index contributed by atoms with van der Waals surface area (Å²) < 4.78 is 0. The van der Waals surface area contributed by atoms with Gasteiger partial charge in [-0.25, -0.2) is 0 Å². The Labute approximate surface area is 118 Å². The lowest BCUT2D eigenvalue weighted by Gasteiger charge is -2.15. The highest BCUT2D eigenvalue weighted by Crippen LogP contribution is 2.14. The van der Waals surface area contributed by atoms with Crippen LogP contribution in [0.1, 0.15) is 58.8 Å². The number of carbonyl (C=O) groups excluding carboxylic acids is 1. The van der Waals surface area contributed by atoms with Crippen LogP contribution in [-0.4, -0.2) is 32.1 Å². The van der Waals surface area contributed by atoms with Gasteiger partial charge >= 0.3 is 0 Å². The molecule has 19 heavy (non-hydrogen) atoms. The number of unbranched alkanes of at least 4 members (excludes halogenated alkanes) is 4. The molecule has 0 saturated carbocycles. The number of rotatable bonds is 13. The number of amides is 1. The van der Waals surface area contributed by atoms with Crippen LogP contribution in [0.5, 0.6) is 0 Å². The fourth-order valence-electron chi connectivity index (χ4n) is 2.16. The lowest BCUT2D eigenvalue weighted by molar-refractivity contribution is -0.125. The van der Waals surface area contributed by atoms with Gasteiger partial charge in [-0.3, -0.25) is 4.79 Å². The van der Waals surface area contributed by atoms with Gasteiger partial charge in [-0.15, -0.1) is 0 Å². The minimum Gasteiger partial charge on any atom is -0.355 e. The van der Waals surface area contributed by atoms with Crippen LogP contribution in [0, 0.1) is 5.92 Å². The van der Waals surface area contributed by atoms with Gasteiger partial charge in [0.15, 0.2) is 0 Å². The highest BCUT2D eigenvalue weighted by Gasteiger charge is 2.14. The molecule has 0 aliphatic carbocycles. The fraction of sp³-hybridized carbons (Fsp3) is 0.933. The normalized spacial score (nSPS) is 12.4. The molecule has 4 nitrogen and oxygen atoms in total. The molecule has 0 saturated heterocycles. The van der Waals surface area contributed by atoms with E-state index in [0.717, 1.165) is 25.9 Å². The zero-order chi connectivity index (χ0) is 14.3. The van der Waals surface area contributed by atoms with E-state index in [4.69, 9.17) is 5.73 Å². The fourth-order valence-corrected chi connectivity index (χ4v) is 2.16. The Hall–Kier alpha value is -0.610. The number of hydrogen-bond acceptors (Lipinski definition) is 3. The molecule has 0 spiro atoms. The van der Waals surface area contributed by atoms with Gasteiger partial charge in [0.25, 0.3) is 0 Å². The molecule has 1 unspecified atom stereocenters. The van der Waals surface area contributed by atoms with E-state index in [0.29, 0.717) is 13.1 Å². The molecule has 0 aromatic rings. The van der Waals surface area contributed by atoms with Gasteiger partial charge in [-0.2, -0.15) is 0 Å². The zero-order valence-electron chi connectivity index (χ0n) is 12.8. The molecule has 4 heteroatoms. The van der Waals surface area contributed by atoms with E-state index in [1.807, 2.05) is 0 Å². The van der Waals surface area contributed by atoms with Crippen molar-refractivity contribution in [2.45, 2.75) is 58.8 Å². The van der Waals surface area contributed by atoms with E-state index in [-0.39, 0.29) is 11.8 Å². The molecule has 114 valence electrons. The summed E-state index contributed by atoms with van der Waals surface area (Å²) in [5, 5.41) is 6.18. The summed E-state index contributed by atoms with van der Waals surface area (Å²) in [6.45, 7) is 7.28. The molecule has 0 bridgehead atoms. The summed E-state index contributed by atoms with van der Waals surface area (Å²) in [6.07, 6.45) is 8.30. The third kappa shape index (κ3) is 11.0. The van der Waals surface area contributed by atoms with Crippen molar-refractivity contribution in [3.63, 3.8) is 0 Å². The average molecular weight is 271 g/mol. The molecule has 0 aromatic carbocycles. The first-order valence-electron chi connectivity index (χ1n) is 7.94. The van der Waals surface area contributed by atoms with Crippen molar-refractivity contribution in [2.75, 3.05) is 26.2 Å². The largest absolute Gasteiger partial charge is 0.355 e. The maximum Gasteiger partial charge on any atom is 0.223 e. The minimum absolute atomic E-state index is 0.191. The maximum absolute atomic E-state index is 12.0. The third-order valence-electron chi connectivity index (χ3n) is 3.44. The average Bonchev–Trinajstić information content (AvgIpc) is 2.42. The van der Waals surface area contributed by atoms with E-state index in [2.05, 4.69) is 24.5 Å². The highest BCUT2D eigenvalue weighted by molar-refractivity contribution is 5.78. The van der Waals surface area contributed by atoms with Crippen molar-refractivity contribution in [3.8, 4) is 0 Å². The summed E-state index contributed by atoms with van der Waals surface area (Å²) in [5.74, 6) is 0.406. The van der Waals surface area contributed by atoms with Crippen molar-refractivity contribution in [2.24, 2.45) is 11.7 Å². The molecule has 1 amide bonds. The van der Waals surface area contributed by atoms with Gasteiger partial charge in [-0.05, 0) is 12.8 Å². The number of nitrogens with one attached hydrogen (secondary N) is 2. The van der Waals surface area contributed by atoms with Crippen LogP contribution >= 0.6 is 0 Å². The maximum atomic E-state index is 12.0. The molecule has 0 aromatic heterocycles. The first-order valence-corrected chi connectivity index (χ1v) is 7.94. The highest BCUT2D eigenvalue weighted by atomic mass is 16.1. The van der Waals surface area contributed by atoms with E-state index >= 15 is 0 Å². The van der Waals surface area contributed by atoms with Crippen LogP contribution in [0.3, 0.4) is 0 Å². The van der Waals surface area contributed by atoms with Crippen LogP contribution in [0.15, 0.2) is 0 Å². The Kier molecular flexibility index (Phi) is 13.4. The molecular weight excluding hydrogens is 238 g/mol. The van der Waals surface area contributed by atoms with Crippen LogP contribution in [-0.2, 0) is 4.79 Å². The lowest BCUT2D eigenvalue weighted by atomic mass is 9.97. The van der Waals surface area contributed by atoms with Crippen LogP contribution < -0.4 is 16.4 Å². The Morgan fingerprint density at radius 2 is 1.79 bits per heavy atom. The van der Waals surface area contributed by atoms with Gasteiger partial charge in [0.2, 0.25) is 5.91 Å². The second kappa shape index (κ2) is 13.8. The molecule has 0 heterocycles. The Bertz CT molecular complexity index is 210. The first-order chi connectivity index (χ1) is 9.26. The van der Waals surface area contributed by atoms with Crippen LogP contribution in [0.4, 0.5) is 0 Å². The number of hydrogen-bond donors (Lipinski definition) is 3. The molecule has 1 atom stereocenters. The van der Waals surface area contributed by atoms with Gasteiger partial charge in [0, 0.05) is 32.1 Å². The van der Waals surface area contributed by atoms with E-state index < -0.39 is 0 Å². The smallest absolute Gasteiger partial charge is 0.223 e. The topological polar surface area (TPSA) is 67.2 Å². The number of carbonyl (C=O) groups is 1. The van der Waals surface area contributed by atoms with Gasteiger partial charge in [0.1, 0.15) is 0 Å². The van der Waals surface area contributed by atoms with Gasteiger partial charge in [0.05, 0.1) is 0 Å². The molecular formula is C15H33N3O. The van der Waals surface area contributed by atoms with E-state index in [1.165, 1.54) is 32.1 Å². The van der Waals surface area contributed by atoms with Crippen molar-refractivity contribution >= 4 is 5.91 Å². The monoisotopic (exact) mass is 271 g/mol. The minimum atomic E-state index is 0.191. The molecule has 0 aliphatic rings. The Morgan fingerprint density at radius 1 is 1.05 bits per heavy atom. The summed E-state index contributed by atoms with van der Waals surface area (Å²) >= 11 is 0. The lowest BCUT2D eigenvalue weighted by Crippen LogP contribution is -2.36. The van der Waals surface area contributed by atoms with Gasteiger partial charge < -0.3 is 16.4 Å². The zero-order valence-corrected chi connectivity index (χ0v) is 12.8. The molecule has 0 fully saturated rings. The van der Waals surface area contributed by atoms with Crippen molar-refractivity contribution in [1.82, 2.24) is 10.6 Å². The standard InChI is InChI=1S/C15H33N3O/c1-3-5-6-7-8-9-14(4-2)15(19)18-13-12-17-11-10-16/h14,17H,3-13,16H2,1-2H3,(H,18,19). The Morgan fingerprint density at radius 3 is 2.42 bits per heavy atom. The second-order valence-electron chi connectivity index (χ2n) is 5.14.